The van der Waals surface area contributed by atoms with Gasteiger partial charge in [0.25, 0.3) is 0 Å². The Hall–Kier alpha value is -0.270. The number of hydrogen-bond acceptors (Lipinski definition) is 3. The molecule has 0 saturated carbocycles. The van der Waals surface area contributed by atoms with Gasteiger partial charge in [-0.2, -0.15) is 11.8 Å². The normalized spacial score (nSPS) is 24.2. The fourth-order valence-corrected chi connectivity index (χ4v) is 2.53. The van der Waals surface area contributed by atoms with Crippen molar-refractivity contribution in [3.8, 4) is 0 Å². The zero-order valence-corrected chi connectivity index (χ0v) is 7.40. The first-order valence-electron chi connectivity index (χ1n) is 4.05. The van der Waals surface area contributed by atoms with Gasteiger partial charge >= 0.3 is 0 Å². The number of isocyanates is 1. The number of nitrogens with zero attached hydrogens (tertiary/aromatic N) is 1. The molecule has 0 N–H and O–H groups in total. The molecule has 1 rings (SSSR count). The molecule has 11 heavy (non-hydrogen) atoms. The SMILES string of the molecule is O=C=NCCC1CCCSC1. The monoisotopic (exact) mass is 171 g/mol. The standard InChI is InChI=1S/C8H13NOS/c10-7-9-4-3-8-2-1-5-11-6-8/h8H,1-6H2. The van der Waals surface area contributed by atoms with Crippen molar-refractivity contribution in [1.82, 2.24) is 0 Å². The van der Waals surface area contributed by atoms with E-state index in [1.54, 1.807) is 6.08 Å². The van der Waals surface area contributed by atoms with Crippen LogP contribution >= 0.6 is 11.8 Å². The third kappa shape index (κ3) is 3.59. The van der Waals surface area contributed by atoms with Crippen LogP contribution in [-0.2, 0) is 4.79 Å². The summed E-state index contributed by atoms with van der Waals surface area (Å²) >= 11 is 2.02. The van der Waals surface area contributed by atoms with E-state index in [1.807, 2.05) is 11.8 Å². The van der Waals surface area contributed by atoms with Crippen molar-refractivity contribution in [2.24, 2.45) is 10.9 Å². The summed E-state index contributed by atoms with van der Waals surface area (Å²) in [6.45, 7) is 0.675. The smallest absolute Gasteiger partial charge is 0.211 e. The molecule has 1 saturated heterocycles. The van der Waals surface area contributed by atoms with E-state index in [0.29, 0.717) is 6.54 Å². The van der Waals surface area contributed by atoms with Gasteiger partial charge in [0.2, 0.25) is 6.08 Å². The van der Waals surface area contributed by atoms with E-state index >= 15 is 0 Å². The number of hydrogen-bond donors (Lipinski definition) is 0. The molecule has 1 atom stereocenters. The van der Waals surface area contributed by atoms with Crippen LogP contribution in [-0.4, -0.2) is 24.1 Å². The summed E-state index contributed by atoms with van der Waals surface area (Å²) in [6.07, 6.45) is 5.30. The van der Waals surface area contributed by atoms with Gasteiger partial charge < -0.3 is 0 Å². The fourth-order valence-electron chi connectivity index (χ4n) is 1.33. The minimum atomic E-state index is 0.675. The molecule has 1 heterocycles. The first-order valence-corrected chi connectivity index (χ1v) is 5.20. The van der Waals surface area contributed by atoms with E-state index < -0.39 is 0 Å². The zero-order valence-electron chi connectivity index (χ0n) is 6.58. The van der Waals surface area contributed by atoms with Crippen molar-refractivity contribution < 1.29 is 4.79 Å². The van der Waals surface area contributed by atoms with Crippen LogP contribution in [0.25, 0.3) is 0 Å². The third-order valence-electron chi connectivity index (χ3n) is 1.97. The number of aliphatic imine (C=N–C) groups is 1. The van der Waals surface area contributed by atoms with Gasteiger partial charge in [-0.05, 0) is 36.7 Å². The molecular weight excluding hydrogens is 158 g/mol. The maximum atomic E-state index is 9.75. The molecule has 0 aromatic rings. The van der Waals surface area contributed by atoms with Crippen LogP contribution in [0.1, 0.15) is 19.3 Å². The Morgan fingerprint density at radius 3 is 3.18 bits per heavy atom. The van der Waals surface area contributed by atoms with Gasteiger partial charge in [0.15, 0.2) is 0 Å². The van der Waals surface area contributed by atoms with Crippen LogP contribution in [0, 0.1) is 5.92 Å². The Morgan fingerprint density at radius 1 is 1.64 bits per heavy atom. The van der Waals surface area contributed by atoms with Crippen molar-refractivity contribution in [2.75, 3.05) is 18.1 Å². The van der Waals surface area contributed by atoms with Crippen LogP contribution in [0.2, 0.25) is 0 Å². The van der Waals surface area contributed by atoms with Crippen molar-refractivity contribution in [2.45, 2.75) is 19.3 Å². The summed E-state index contributed by atoms with van der Waals surface area (Å²) in [5.41, 5.74) is 0. The minimum Gasteiger partial charge on any atom is -0.211 e. The molecule has 2 nitrogen and oxygen atoms in total. The average molecular weight is 171 g/mol. The molecule has 0 aliphatic carbocycles. The Labute approximate surface area is 71.5 Å². The summed E-state index contributed by atoms with van der Waals surface area (Å²) in [7, 11) is 0. The predicted molar refractivity (Wildman–Crippen MR) is 47.7 cm³/mol. The summed E-state index contributed by atoms with van der Waals surface area (Å²) in [5.74, 6) is 3.37. The van der Waals surface area contributed by atoms with Gasteiger partial charge in [-0.3, -0.25) is 0 Å². The van der Waals surface area contributed by atoms with Crippen LogP contribution in [0.3, 0.4) is 0 Å². The van der Waals surface area contributed by atoms with Crippen LogP contribution in [0.4, 0.5) is 0 Å². The van der Waals surface area contributed by atoms with Crippen molar-refractivity contribution in [3.05, 3.63) is 0 Å². The zero-order chi connectivity index (χ0) is 7.94. The highest BCUT2D eigenvalue weighted by atomic mass is 32.2. The van der Waals surface area contributed by atoms with E-state index in [9.17, 15) is 4.79 Å². The molecule has 62 valence electrons. The first-order chi connectivity index (χ1) is 5.43. The lowest BCUT2D eigenvalue weighted by Crippen LogP contribution is -2.11. The molecule has 0 amide bonds. The second-order valence-corrected chi connectivity index (χ2v) is 3.99. The lowest BCUT2D eigenvalue weighted by atomic mass is 10.0. The Morgan fingerprint density at radius 2 is 2.55 bits per heavy atom. The van der Waals surface area contributed by atoms with Crippen molar-refractivity contribution in [3.63, 3.8) is 0 Å². The summed E-state index contributed by atoms with van der Waals surface area (Å²) in [5, 5.41) is 0. The number of carbonyl (C=O) groups excluding carboxylic acids is 1. The second-order valence-electron chi connectivity index (χ2n) is 2.84. The van der Waals surface area contributed by atoms with E-state index in [0.717, 1.165) is 12.3 Å². The van der Waals surface area contributed by atoms with Gasteiger partial charge in [-0.1, -0.05) is 0 Å². The topological polar surface area (TPSA) is 29.4 Å². The first kappa shape index (κ1) is 8.82. The minimum absolute atomic E-state index is 0.675. The predicted octanol–water partition coefficient (Wildman–Crippen LogP) is 1.86. The van der Waals surface area contributed by atoms with E-state index in [-0.39, 0.29) is 0 Å². The highest BCUT2D eigenvalue weighted by Gasteiger charge is 2.12. The van der Waals surface area contributed by atoms with Crippen LogP contribution in [0.15, 0.2) is 4.99 Å². The van der Waals surface area contributed by atoms with Gasteiger partial charge in [0.1, 0.15) is 0 Å². The third-order valence-corrected chi connectivity index (χ3v) is 3.25. The molecule has 0 radical (unpaired) electrons. The van der Waals surface area contributed by atoms with Crippen LogP contribution in [0.5, 0.6) is 0 Å². The van der Waals surface area contributed by atoms with Gasteiger partial charge in [-0.15, -0.1) is 0 Å². The quantitative estimate of drug-likeness (QED) is 0.479. The molecule has 3 heteroatoms. The number of rotatable bonds is 3. The van der Waals surface area contributed by atoms with Gasteiger partial charge in [0.05, 0.1) is 6.54 Å². The van der Waals surface area contributed by atoms with Crippen molar-refractivity contribution >= 4 is 17.8 Å². The molecule has 1 aliphatic rings. The Bertz CT molecular complexity index is 148. The average Bonchev–Trinajstić information content (AvgIpc) is 2.07. The highest BCUT2D eigenvalue weighted by molar-refractivity contribution is 7.99. The van der Waals surface area contributed by atoms with Crippen molar-refractivity contribution in [1.29, 1.82) is 0 Å². The summed E-state index contributed by atoms with van der Waals surface area (Å²) in [6, 6.07) is 0. The molecule has 0 bridgehead atoms. The Balaban J connectivity index is 2.09. The molecule has 0 aromatic carbocycles. The van der Waals surface area contributed by atoms with E-state index in [4.69, 9.17) is 0 Å². The van der Waals surface area contributed by atoms with E-state index in [2.05, 4.69) is 4.99 Å². The molecule has 0 aromatic heterocycles. The molecule has 1 fully saturated rings. The fraction of sp³-hybridized carbons (Fsp3) is 0.875. The largest absolute Gasteiger partial charge is 0.234 e. The maximum Gasteiger partial charge on any atom is 0.234 e. The summed E-state index contributed by atoms with van der Waals surface area (Å²) in [4.78, 5) is 13.3. The lowest BCUT2D eigenvalue weighted by Gasteiger charge is -2.19. The number of thioether (sulfide) groups is 1. The summed E-state index contributed by atoms with van der Waals surface area (Å²) < 4.78 is 0. The molecule has 0 spiro atoms. The second kappa shape index (κ2) is 5.39. The molecular formula is C8H13NOS. The van der Waals surface area contributed by atoms with Gasteiger partial charge in [0, 0.05) is 0 Å². The van der Waals surface area contributed by atoms with Gasteiger partial charge in [-0.25, -0.2) is 9.79 Å². The van der Waals surface area contributed by atoms with Crippen LogP contribution < -0.4 is 0 Å². The highest BCUT2D eigenvalue weighted by Crippen LogP contribution is 2.24. The molecule has 1 unspecified atom stereocenters. The lowest BCUT2D eigenvalue weighted by molar-refractivity contribution is 0.491. The maximum absolute atomic E-state index is 9.75. The molecule has 1 aliphatic heterocycles. The van der Waals surface area contributed by atoms with E-state index in [1.165, 1.54) is 24.3 Å². The Kier molecular flexibility index (Phi) is 4.32.